The molecular formula is C9H7FN4O3. The second kappa shape index (κ2) is 4.26. The molecule has 0 fully saturated rings. The highest BCUT2D eigenvalue weighted by molar-refractivity contribution is 5.56. The van der Waals surface area contributed by atoms with Crippen molar-refractivity contribution < 1.29 is 13.7 Å². The molecule has 0 aliphatic rings. The molecule has 0 unspecified atom stereocenters. The van der Waals surface area contributed by atoms with E-state index in [1.165, 1.54) is 6.07 Å². The third-order valence-corrected chi connectivity index (χ3v) is 2.04. The minimum atomic E-state index is -0.800. The van der Waals surface area contributed by atoms with Crippen molar-refractivity contribution in [1.82, 2.24) is 10.2 Å². The average Bonchev–Trinajstić information content (AvgIpc) is 2.77. The fourth-order valence-electron chi connectivity index (χ4n) is 1.24. The molecule has 2 N–H and O–H groups in total. The first-order valence-corrected chi connectivity index (χ1v) is 4.58. The van der Waals surface area contributed by atoms with Crippen LogP contribution in [0.1, 0.15) is 5.89 Å². The number of nitrogens with zero attached hydrogens (tertiary/aromatic N) is 3. The van der Waals surface area contributed by atoms with Crippen molar-refractivity contribution in [2.45, 2.75) is 6.54 Å². The molecule has 0 aliphatic carbocycles. The molecule has 0 bridgehead atoms. The van der Waals surface area contributed by atoms with Gasteiger partial charge in [-0.2, -0.15) is 0 Å². The van der Waals surface area contributed by atoms with Gasteiger partial charge in [0, 0.05) is 6.07 Å². The second-order valence-electron chi connectivity index (χ2n) is 3.13. The van der Waals surface area contributed by atoms with Crippen LogP contribution >= 0.6 is 0 Å². The molecule has 0 radical (unpaired) electrons. The van der Waals surface area contributed by atoms with Gasteiger partial charge >= 0.3 is 0 Å². The third-order valence-electron chi connectivity index (χ3n) is 2.04. The number of halogens is 1. The number of non-ortho nitro benzene ring substituents is 1. The molecule has 7 nitrogen and oxygen atoms in total. The summed E-state index contributed by atoms with van der Waals surface area (Å²) in [5, 5.41) is 17.6. The van der Waals surface area contributed by atoms with Crippen molar-refractivity contribution in [3.63, 3.8) is 0 Å². The van der Waals surface area contributed by atoms with Gasteiger partial charge in [0.1, 0.15) is 5.82 Å². The van der Waals surface area contributed by atoms with Crippen LogP contribution in [-0.4, -0.2) is 15.1 Å². The van der Waals surface area contributed by atoms with Gasteiger partial charge in [-0.15, -0.1) is 10.2 Å². The minimum absolute atomic E-state index is 0.00259. The van der Waals surface area contributed by atoms with Crippen LogP contribution < -0.4 is 5.73 Å². The van der Waals surface area contributed by atoms with Gasteiger partial charge in [-0.1, -0.05) is 0 Å². The molecule has 0 aliphatic heterocycles. The van der Waals surface area contributed by atoms with Crippen LogP contribution in [0.25, 0.3) is 11.5 Å². The summed E-state index contributed by atoms with van der Waals surface area (Å²) < 4.78 is 18.6. The van der Waals surface area contributed by atoms with Crippen LogP contribution in [0.15, 0.2) is 22.6 Å². The fourth-order valence-corrected chi connectivity index (χ4v) is 1.24. The monoisotopic (exact) mass is 238 g/mol. The maximum absolute atomic E-state index is 13.5. The van der Waals surface area contributed by atoms with Gasteiger partial charge < -0.3 is 10.2 Å². The topological polar surface area (TPSA) is 108 Å². The molecule has 0 saturated heterocycles. The molecule has 0 saturated carbocycles. The lowest BCUT2D eigenvalue weighted by molar-refractivity contribution is -0.385. The SMILES string of the molecule is NCc1nnc(-c2ccc([N+](=O)[O-])cc2F)o1. The summed E-state index contributed by atoms with van der Waals surface area (Å²) in [5.41, 5.74) is 4.92. The van der Waals surface area contributed by atoms with E-state index in [0.717, 1.165) is 12.1 Å². The number of hydrogen-bond acceptors (Lipinski definition) is 6. The maximum atomic E-state index is 13.5. The summed E-state index contributed by atoms with van der Waals surface area (Å²) in [7, 11) is 0. The standard InChI is InChI=1S/C9H7FN4O3/c10-7-3-5(14(15)16)1-2-6(7)9-13-12-8(4-11)17-9/h1-3H,4,11H2. The van der Waals surface area contributed by atoms with Crippen molar-refractivity contribution in [2.24, 2.45) is 5.73 Å². The van der Waals surface area contributed by atoms with Crippen LogP contribution in [0.4, 0.5) is 10.1 Å². The van der Waals surface area contributed by atoms with E-state index in [4.69, 9.17) is 10.2 Å². The molecule has 88 valence electrons. The first-order valence-electron chi connectivity index (χ1n) is 4.58. The van der Waals surface area contributed by atoms with Crippen molar-refractivity contribution in [3.8, 4) is 11.5 Å². The molecule has 17 heavy (non-hydrogen) atoms. The predicted molar refractivity (Wildman–Crippen MR) is 54.2 cm³/mol. The Bertz CT molecular complexity index is 569. The molecule has 1 heterocycles. The van der Waals surface area contributed by atoms with Crippen LogP contribution in [0.2, 0.25) is 0 Å². The molecule has 1 aromatic carbocycles. The summed E-state index contributed by atoms with van der Waals surface area (Å²) in [6, 6.07) is 3.16. The zero-order valence-electron chi connectivity index (χ0n) is 8.46. The van der Waals surface area contributed by atoms with E-state index < -0.39 is 10.7 Å². The number of nitro groups is 1. The lowest BCUT2D eigenvalue weighted by atomic mass is 10.2. The molecule has 0 amide bonds. The van der Waals surface area contributed by atoms with Crippen LogP contribution in [-0.2, 0) is 6.54 Å². The third kappa shape index (κ3) is 2.11. The summed E-state index contributed by atoms with van der Waals surface area (Å²) >= 11 is 0. The van der Waals surface area contributed by atoms with Crippen molar-refractivity contribution in [3.05, 3.63) is 40.0 Å². The van der Waals surface area contributed by atoms with Crippen molar-refractivity contribution in [2.75, 3.05) is 0 Å². The van der Waals surface area contributed by atoms with Crippen LogP contribution in [0.3, 0.4) is 0 Å². The average molecular weight is 238 g/mol. The first-order chi connectivity index (χ1) is 8.11. The predicted octanol–water partition coefficient (Wildman–Crippen LogP) is 1.24. The van der Waals surface area contributed by atoms with E-state index in [0.29, 0.717) is 0 Å². The van der Waals surface area contributed by atoms with Crippen LogP contribution in [0.5, 0.6) is 0 Å². The molecule has 0 atom stereocenters. The van der Waals surface area contributed by atoms with Gasteiger partial charge in [-0.05, 0) is 6.07 Å². The largest absolute Gasteiger partial charge is 0.419 e. The normalized spacial score (nSPS) is 10.5. The second-order valence-corrected chi connectivity index (χ2v) is 3.13. The number of hydrogen-bond donors (Lipinski definition) is 1. The van der Waals surface area contributed by atoms with Gasteiger partial charge in [0.05, 0.1) is 23.1 Å². The summed E-state index contributed by atoms with van der Waals surface area (Å²) in [5.74, 6) is -0.693. The highest BCUT2D eigenvalue weighted by Gasteiger charge is 2.16. The van der Waals surface area contributed by atoms with Gasteiger partial charge in [0.2, 0.25) is 5.89 Å². The van der Waals surface area contributed by atoms with E-state index in [1.54, 1.807) is 0 Å². The smallest absolute Gasteiger partial charge is 0.272 e. The van der Waals surface area contributed by atoms with Gasteiger partial charge in [0.15, 0.2) is 0 Å². The molecule has 2 rings (SSSR count). The Morgan fingerprint density at radius 3 is 2.76 bits per heavy atom. The van der Waals surface area contributed by atoms with Gasteiger partial charge in [-0.3, -0.25) is 10.1 Å². The molecule has 2 aromatic rings. The van der Waals surface area contributed by atoms with Crippen molar-refractivity contribution >= 4 is 5.69 Å². The Balaban J connectivity index is 2.42. The highest BCUT2D eigenvalue weighted by atomic mass is 19.1. The molecule has 1 aromatic heterocycles. The van der Waals surface area contributed by atoms with Gasteiger partial charge in [0.25, 0.3) is 11.6 Å². The Morgan fingerprint density at radius 1 is 1.47 bits per heavy atom. The Kier molecular flexibility index (Phi) is 2.79. The number of rotatable bonds is 3. The molecular weight excluding hydrogens is 231 g/mol. The fraction of sp³-hybridized carbons (Fsp3) is 0.111. The zero-order valence-corrected chi connectivity index (χ0v) is 8.46. The van der Waals surface area contributed by atoms with E-state index >= 15 is 0 Å². The summed E-state index contributed by atoms with van der Waals surface area (Å²) in [6.45, 7) is 0.0433. The first kappa shape index (κ1) is 11.1. The zero-order chi connectivity index (χ0) is 12.4. The lowest BCUT2D eigenvalue weighted by Gasteiger charge is -1.97. The Morgan fingerprint density at radius 2 is 2.24 bits per heavy atom. The lowest BCUT2D eigenvalue weighted by Crippen LogP contribution is -1.95. The Hall–Kier alpha value is -2.35. The quantitative estimate of drug-likeness (QED) is 0.636. The van der Waals surface area contributed by atoms with E-state index in [-0.39, 0.29) is 29.6 Å². The van der Waals surface area contributed by atoms with E-state index in [2.05, 4.69) is 10.2 Å². The summed E-state index contributed by atoms with van der Waals surface area (Å²) in [4.78, 5) is 9.73. The van der Waals surface area contributed by atoms with Crippen LogP contribution in [0, 0.1) is 15.9 Å². The number of benzene rings is 1. The Labute approximate surface area is 94.2 Å². The van der Waals surface area contributed by atoms with E-state index in [1.807, 2.05) is 0 Å². The van der Waals surface area contributed by atoms with Crippen molar-refractivity contribution in [1.29, 1.82) is 0 Å². The number of nitrogens with two attached hydrogens (primary N) is 1. The van der Waals surface area contributed by atoms with Gasteiger partial charge in [-0.25, -0.2) is 4.39 Å². The maximum Gasteiger partial charge on any atom is 0.272 e. The van der Waals surface area contributed by atoms with E-state index in [9.17, 15) is 14.5 Å². The minimum Gasteiger partial charge on any atom is -0.419 e. The molecule has 8 heteroatoms. The highest BCUT2D eigenvalue weighted by Crippen LogP contribution is 2.24. The number of nitro benzene ring substituents is 1. The summed E-state index contributed by atoms with van der Waals surface area (Å²) in [6.07, 6.45) is 0. The number of aromatic nitrogens is 2. The molecule has 0 spiro atoms.